The first-order chi connectivity index (χ1) is 9.17. The highest BCUT2D eigenvalue weighted by Crippen LogP contribution is 2.25. The van der Waals surface area contributed by atoms with E-state index in [4.69, 9.17) is 0 Å². The molecule has 1 unspecified atom stereocenters. The Bertz CT molecular complexity index is 537. The topological polar surface area (TPSA) is 55.6 Å². The third kappa shape index (κ3) is 3.01. The number of aryl methyl sites for hydroxylation is 2. The third-order valence-corrected chi connectivity index (χ3v) is 4.13. The lowest BCUT2D eigenvalue weighted by molar-refractivity contribution is 0.519. The van der Waals surface area contributed by atoms with E-state index in [2.05, 4.69) is 43.2 Å². The minimum Gasteiger partial charge on any atom is -0.310 e. The summed E-state index contributed by atoms with van der Waals surface area (Å²) in [7, 11) is 1.93. The molecule has 1 N–H and O–H groups in total. The quantitative estimate of drug-likeness (QED) is 0.917. The van der Waals surface area contributed by atoms with Crippen LogP contribution in [0, 0.1) is 6.92 Å². The van der Waals surface area contributed by atoms with Gasteiger partial charge in [-0.25, -0.2) is 9.97 Å². The van der Waals surface area contributed by atoms with Crippen LogP contribution in [0.3, 0.4) is 0 Å². The van der Waals surface area contributed by atoms with Crippen LogP contribution in [0.5, 0.6) is 0 Å². The first-order valence-electron chi connectivity index (χ1n) is 6.33. The van der Waals surface area contributed by atoms with E-state index < -0.39 is 0 Å². The number of aromatic nitrogens is 4. The zero-order valence-corrected chi connectivity index (χ0v) is 13.0. The standard InChI is InChI=1S/C13H18BrN5/c1-4-19-11(12(14)9(2)18-19)8-10(15-3)13-16-6-5-7-17-13/h5-7,10,15H,4,8H2,1-3H3. The SMILES string of the molecule is CCn1nc(C)c(Br)c1CC(NC)c1ncccn1. The van der Waals surface area contributed by atoms with Crippen LogP contribution >= 0.6 is 15.9 Å². The van der Waals surface area contributed by atoms with Crippen LogP contribution in [0.4, 0.5) is 0 Å². The summed E-state index contributed by atoms with van der Waals surface area (Å²) < 4.78 is 3.10. The molecule has 0 spiro atoms. The van der Waals surface area contributed by atoms with Gasteiger partial charge in [-0.15, -0.1) is 0 Å². The van der Waals surface area contributed by atoms with E-state index in [1.807, 2.05) is 24.7 Å². The normalized spacial score (nSPS) is 12.6. The van der Waals surface area contributed by atoms with Gasteiger partial charge in [-0.3, -0.25) is 4.68 Å². The minimum atomic E-state index is 0.0823. The summed E-state index contributed by atoms with van der Waals surface area (Å²) in [4.78, 5) is 8.64. The van der Waals surface area contributed by atoms with Gasteiger partial charge in [-0.1, -0.05) is 0 Å². The Morgan fingerprint density at radius 3 is 2.63 bits per heavy atom. The molecule has 0 bridgehead atoms. The molecular weight excluding hydrogens is 306 g/mol. The monoisotopic (exact) mass is 323 g/mol. The fourth-order valence-electron chi connectivity index (χ4n) is 2.07. The van der Waals surface area contributed by atoms with E-state index >= 15 is 0 Å². The van der Waals surface area contributed by atoms with Crippen LogP contribution in [0.25, 0.3) is 0 Å². The maximum absolute atomic E-state index is 4.51. The summed E-state index contributed by atoms with van der Waals surface area (Å²) in [6.45, 7) is 4.96. The van der Waals surface area contributed by atoms with Gasteiger partial charge in [0, 0.05) is 25.4 Å². The molecule has 0 radical (unpaired) electrons. The van der Waals surface area contributed by atoms with Crippen molar-refractivity contribution < 1.29 is 0 Å². The molecular formula is C13H18BrN5. The first kappa shape index (κ1) is 14.1. The number of halogens is 1. The molecule has 2 aromatic rings. The molecule has 2 heterocycles. The Labute approximate surface area is 121 Å². The largest absolute Gasteiger partial charge is 0.310 e. The summed E-state index contributed by atoms with van der Waals surface area (Å²) >= 11 is 3.62. The Morgan fingerprint density at radius 2 is 2.05 bits per heavy atom. The molecule has 0 aliphatic rings. The molecule has 0 aliphatic heterocycles. The molecule has 5 nitrogen and oxygen atoms in total. The predicted molar refractivity (Wildman–Crippen MR) is 77.9 cm³/mol. The second-order valence-electron chi connectivity index (χ2n) is 4.31. The Morgan fingerprint density at radius 1 is 1.37 bits per heavy atom. The van der Waals surface area contributed by atoms with Crippen LogP contribution in [0.15, 0.2) is 22.9 Å². The second-order valence-corrected chi connectivity index (χ2v) is 5.11. The van der Waals surface area contributed by atoms with Crippen molar-refractivity contribution in [2.24, 2.45) is 0 Å². The number of nitrogens with zero attached hydrogens (tertiary/aromatic N) is 4. The molecule has 102 valence electrons. The second kappa shape index (κ2) is 6.25. The van der Waals surface area contributed by atoms with Crippen molar-refractivity contribution >= 4 is 15.9 Å². The van der Waals surface area contributed by atoms with Crippen molar-refractivity contribution in [3.05, 3.63) is 40.1 Å². The van der Waals surface area contributed by atoms with E-state index in [0.717, 1.165) is 29.0 Å². The highest BCUT2D eigenvalue weighted by atomic mass is 79.9. The van der Waals surface area contributed by atoms with Crippen LogP contribution in [-0.4, -0.2) is 26.8 Å². The number of hydrogen-bond acceptors (Lipinski definition) is 4. The summed E-state index contributed by atoms with van der Waals surface area (Å²) in [6.07, 6.45) is 4.34. The van der Waals surface area contributed by atoms with Gasteiger partial charge < -0.3 is 5.32 Å². The van der Waals surface area contributed by atoms with Gasteiger partial charge >= 0.3 is 0 Å². The summed E-state index contributed by atoms with van der Waals surface area (Å²) in [5, 5.41) is 7.78. The van der Waals surface area contributed by atoms with E-state index in [9.17, 15) is 0 Å². The van der Waals surface area contributed by atoms with Gasteiger partial charge in [0.2, 0.25) is 0 Å². The van der Waals surface area contributed by atoms with Crippen molar-refractivity contribution in [1.82, 2.24) is 25.1 Å². The third-order valence-electron chi connectivity index (χ3n) is 3.10. The van der Waals surface area contributed by atoms with Crippen molar-refractivity contribution in [3.63, 3.8) is 0 Å². The fraction of sp³-hybridized carbons (Fsp3) is 0.462. The highest BCUT2D eigenvalue weighted by Gasteiger charge is 2.19. The smallest absolute Gasteiger partial charge is 0.145 e. The minimum absolute atomic E-state index is 0.0823. The molecule has 19 heavy (non-hydrogen) atoms. The maximum atomic E-state index is 4.51. The molecule has 0 fully saturated rings. The van der Waals surface area contributed by atoms with Crippen molar-refractivity contribution in [2.75, 3.05) is 7.05 Å². The van der Waals surface area contributed by atoms with Gasteiger partial charge in [0.05, 0.1) is 21.9 Å². The van der Waals surface area contributed by atoms with Gasteiger partial charge in [0.15, 0.2) is 0 Å². The summed E-state index contributed by atoms with van der Waals surface area (Å²) in [5.41, 5.74) is 2.19. The van der Waals surface area contributed by atoms with Crippen molar-refractivity contribution in [3.8, 4) is 0 Å². The van der Waals surface area contributed by atoms with Crippen molar-refractivity contribution in [1.29, 1.82) is 0 Å². The van der Waals surface area contributed by atoms with Gasteiger partial charge in [0.1, 0.15) is 5.82 Å². The molecule has 6 heteroatoms. The molecule has 1 atom stereocenters. The van der Waals surface area contributed by atoms with Gasteiger partial charge in [-0.05, 0) is 42.9 Å². The van der Waals surface area contributed by atoms with Crippen LogP contribution in [0.2, 0.25) is 0 Å². The number of hydrogen-bond donors (Lipinski definition) is 1. The molecule has 0 saturated carbocycles. The number of nitrogens with one attached hydrogen (secondary N) is 1. The van der Waals surface area contributed by atoms with Crippen LogP contribution in [0.1, 0.15) is 30.2 Å². The molecule has 0 amide bonds. The fourth-order valence-corrected chi connectivity index (χ4v) is 2.52. The Balaban J connectivity index is 2.29. The van der Waals surface area contributed by atoms with E-state index in [1.165, 1.54) is 5.69 Å². The van der Waals surface area contributed by atoms with E-state index in [-0.39, 0.29) is 6.04 Å². The van der Waals surface area contributed by atoms with E-state index in [0.29, 0.717) is 0 Å². The number of rotatable bonds is 5. The lowest BCUT2D eigenvalue weighted by atomic mass is 10.1. The van der Waals surface area contributed by atoms with Crippen molar-refractivity contribution in [2.45, 2.75) is 32.9 Å². The summed E-state index contributed by atoms with van der Waals surface area (Å²) in [6, 6.07) is 1.91. The molecule has 0 aliphatic carbocycles. The van der Waals surface area contributed by atoms with Crippen LogP contribution in [-0.2, 0) is 13.0 Å². The molecule has 0 aromatic carbocycles. The maximum Gasteiger partial charge on any atom is 0.145 e. The predicted octanol–water partition coefficient (Wildman–Crippen LogP) is 2.27. The Kier molecular flexibility index (Phi) is 4.66. The van der Waals surface area contributed by atoms with Gasteiger partial charge in [-0.2, -0.15) is 5.10 Å². The van der Waals surface area contributed by atoms with Crippen LogP contribution < -0.4 is 5.32 Å². The molecule has 0 saturated heterocycles. The summed E-state index contributed by atoms with van der Waals surface area (Å²) in [5.74, 6) is 0.804. The lowest BCUT2D eigenvalue weighted by Gasteiger charge is -2.15. The zero-order valence-electron chi connectivity index (χ0n) is 11.4. The average molecular weight is 324 g/mol. The average Bonchev–Trinajstić information content (AvgIpc) is 2.72. The Hall–Kier alpha value is -1.27. The first-order valence-corrected chi connectivity index (χ1v) is 7.12. The molecule has 2 aromatic heterocycles. The molecule has 2 rings (SSSR count). The highest BCUT2D eigenvalue weighted by molar-refractivity contribution is 9.10. The van der Waals surface area contributed by atoms with E-state index in [1.54, 1.807) is 12.4 Å². The lowest BCUT2D eigenvalue weighted by Crippen LogP contribution is -2.22. The number of likely N-dealkylation sites (N-methyl/N-ethyl adjacent to an activating group) is 1. The zero-order chi connectivity index (χ0) is 13.8. The van der Waals surface area contributed by atoms with Gasteiger partial charge in [0.25, 0.3) is 0 Å².